The van der Waals surface area contributed by atoms with E-state index in [1.807, 2.05) is 0 Å². The lowest BCUT2D eigenvalue weighted by atomic mass is 9.77. The number of halogens is 1. The molecule has 2 aliphatic rings. The molecule has 6 heteroatoms. The Hall–Kier alpha value is -2.27. The van der Waals surface area contributed by atoms with Crippen LogP contribution in [0.4, 0.5) is 0 Å². The first kappa shape index (κ1) is 15.6. The Balaban J connectivity index is 2.23. The number of carbonyl (C=O) groups excluding carboxylic acids is 2. The fraction of sp³-hybridized carbons (Fsp3) is 0.294. The lowest BCUT2D eigenvalue weighted by molar-refractivity contribution is -0.136. The van der Waals surface area contributed by atoms with Crippen molar-refractivity contribution in [3.8, 4) is 0 Å². The van der Waals surface area contributed by atoms with Crippen molar-refractivity contribution in [2.45, 2.75) is 25.2 Å². The third kappa shape index (κ3) is 2.61. The molecule has 5 nitrogen and oxygen atoms in total. The Labute approximate surface area is 138 Å². The van der Waals surface area contributed by atoms with Crippen LogP contribution < -0.4 is 5.73 Å². The van der Waals surface area contributed by atoms with Gasteiger partial charge in [0.05, 0.1) is 13.0 Å². The molecule has 0 aromatic heterocycles. The predicted molar refractivity (Wildman–Crippen MR) is 84.4 cm³/mol. The number of esters is 1. The molecule has 120 valence electrons. The zero-order valence-corrected chi connectivity index (χ0v) is 13.4. The Bertz CT molecular complexity index is 751. The fourth-order valence-corrected chi connectivity index (χ4v) is 3.33. The fourth-order valence-electron chi connectivity index (χ4n) is 3.09. The monoisotopic (exact) mass is 333 g/mol. The summed E-state index contributed by atoms with van der Waals surface area (Å²) in [6.45, 7) is 0. The second kappa shape index (κ2) is 6.08. The van der Waals surface area contributed by atoms with Crippen molar-refractivity contribution >= 4 is 23.4 Å². The molecular formula is C17H16ClNO4. The van der Waals surface area contributed by atoms with Gasteiger partial charge in [-0.25, -0.2) is 4.79 Å². The standard InChI is InChI=1S/C17H16ClNO4/c1-22-17(21)15-13(9-5-2-3-6-10(9)18)14-11(20)7-4-8-12(14)23-16(15)19/h2-3,5-6,13H,4,7-8,19H2,1H3. The van der Waals surface area contributed by atoms with Crippen LogP contribution in [0.3, 0.4) is 0 Å². The second-order valence-electron chi connectivity index (χ2n) is 5.44. The third-order valence-corrected chi connectivity index (χ3v) is 4.45. The minimum absolute atomic E-state index is 0.0322. The van der Waals surface area contributed by atoms with E-state index in [4.69, 9.17) is 26.8 Å². The number of rotatable bonds is 2. The van der Waals surface area contributed by atoms with Crippen molar-refractivity contribution in [2.24, 2.45) is 5.73 Å². The maximum absolute atomic E-state index is 12.5. The molecule has 23 heavy (non-hydrogen) atoms. The SMILES string of the molecule is COC(=O)C1=C(N)OC2=C(C(=O)CCC2)C1c1ccccc1Cl. The number of ether oxygens (including phenoxy) is 2. The second-order valence-corrected chi connectivity index (χ2v) is 5.85. The molecule has 1 aliphatic heterocycles. The summed E-state index contributed by atoms with van der Waals surface area (Å²) in [5, 5.41) is 0.457. The summed E-state index contributed by atoms with van der Waals surface area (Å²) in [5.41, 5.74) is 7.17. The molecular weight excluding hydrogens is 318 g/mol. The van der Waals surface area contributed by atoms with E-state index in [1.165, 1.54) is 7.11 Å². The average molecular weight is 334 g/mol. The maximum Gasteiger partial charge on any atom is 0.340 e. The zero-order chi connectivity index (χ0) is 16.6. The first-order chi connectivity index (χ1) is 11.0. The predicted octanol–water partition coefficient (Wildman–Crippen LogP) is 2.80. The summed E-state index contributed by atoms with van der Waals surface area (Å²) in [6.07, 6.45) is 1.72. The molecule has 2 N–H and O–H groups in total. The Morgan fingerprint density at radius 3 is 2.78 bits per heavy atom. The Morgan fingerprint density at radius 1 is 1.35 bits per heavy atom. The minimum Gasteiger partial charge on any atom is -0.465 e. The maximum atomic E-state index is 12.5. The van der Waals surface area contributed by atoms with Crippen molar-refractivity contribution in [1.29, 1.82) is 0 Å². The number of hydrogen-bond donors (Lipinski definition) is 1. The summed E-state index contributed by atoms with van der Waals surface area (Å²) in [5.74, 6) is -0.846. The topological polar surface area (TPSA) is 78.6 Å². The molecule has 1 unspecified atom stereocenters. The first-order valence-corrected chi connectivity index (χ1v) is 7.68. The van der Waals surface area contributed by atoms with Crippen LogP contribution in [-0.4, -0.2) is 18.9 Å². The van der Waals surface area contributed by atoms with Gasteiger partial charge < -0.3 is 15.2 Å². The van der Waals surface area contributed by atoms with E-state index in [1.54, 1.807) is 24.3 Å². The van der Waals surface area contributed by atoms with Crippen LogP contribution in [-0.2, 0) is 19.1 Å². The summed E-state index contributed by atoms with van der Waals surface area (Å²) < 4.78 is 10.4. The van der Waals surface area contributed by atoms with Gasteiger partial charge in [0.1, 0.15) is 11.3 Å². The molecule has 3 rings (SSSR count). The Morgan fingerprint density at radius 2 is 2.09 bits per heavy atom. The van der Waals surface area contributed by atoms with Crippen LogP contribution in [0.25, 0.3) is 0 Å². The molecule has 0 bridgehead atoms. The highest BCUT2D eigenvalue weighted by atomic mass is 35.5. The molecule has 1 aliphatic carbocycles. The van der Waals surface area contributed by atoms with E-state index in [-0.39, 0.29) is 17.2 Å². The summed E-state index contributed by atoms with van der Waals surface area (Å²) in [6, 6.07) is 7.08. The first-order valence-electron chi connectivity index (χ1n) is 7.31. The van der Waals surface area contributed by atoms with E-state index in [9.17, 15) is 9.59 Å². The van der Waals surface area contributed by atoms with E-state index in [0.717, 1.165) is 0 Å². The highest BCUT2D eigenvalue weighted by Gasteiger charge is 2.41. The normalized spacial score (nSPS) is 21.0. The minimum atomic E-state index is -0.660. The molecule has 0 saturated heterocycles. The van der Waals surface area contributed by atoms with Gasteiger partial charge >= 0.3 is 5.97 Å². The van der Waals surface area contributed by atoms with Crippen LogP contribution in [0, 0.1) is 0 Å². The molecule has 0 radical (unpaired) electrons. The number of hydrogen-bond acceptors (Lipinski definition) is 5. The lowest BCUT2D eigenvalue weighted by Gasteiger charge is -2.32. The van der Waals surface area contributed by atoms with E-state index >= 15 is 0 Å². The van der Waals surface area contributed by atoms with Crippen LogP contribution in [0.15, 0.2) is 47.1 Å². The number of Topliss-reactive ketones (excluding diaryl/α,β-unsaturated/α-hetero) is 1. The molecule has 1 heterocycles. The van der Waals surface area contributed by atoms with Gasteiger partial charge in [-0.2, -0.15) is 0 Å². The van der Waals surface area contributed by atoms with Gasteiger partial charge in [-0.1, -0.05) is 29.8 Å². The van der Waals surface area contributed by atoms with Gasteiger partial charge in [0.2, 0.25) is 5.88 Å². The van der Waals surface area contributed by atoms with Crippen LogP contribution in [0.2, 0.25) is 5.02 Å². The van der Waals surface area contributed by atoms with E-state index in [2.05, 4.69) is 0 Å². The van der Waals surface area contributed by atoms with Crippen LogP contribution in [0.5, 0.6) is 0 Å². The number of nitrogens with two attached hydrogens (primary N) is 1. The van der Waals surface area contributed by atoms with Crippen LogP contribution in [0.1, 0.15) is 30.7 Å². The van der Waals surface area contributed by atoms with Crippen molar-refractivity contribution in [1.82, 2.24) is 0 Å². The highest BCUT2D eigenvalue weighted by Crippen LogP contribution is 2.45. The number of allylic oxidation sites excluding steroid dienone is 2. The molecule has 1 atom stereocenters. The smallest absolute Gasteiger partial charge is 0.340 e. The quantitative estimate of drug-likeness (QED) is 0.842. The number of carbonyl (C=O) groups is 2. The molecule has 0 amide bonds. The number of methoxy groups -OCH3 is 1. The summed E-state index contributed by atoms with van der Waals surface area (Å²) in [4.78, 5) is 24.7. The molecule has 0 saturated carbocycles. The molecule has 0 fully saturated rings. The van der Waals surface area contributed by atoms with Gasteiger partial charge in [-0.3, -0.25) is 4.79 Å². The van der Waals surface area contributed by atoms with E-state index in [0.29, 0.717) is 41.2 Å². The molecule has 0 spiro atoms. The largest absolute Gasteiger partial charge is 0.465 e. The van der Waals surface area contributed by atoms with Crippen molar-refractivity contribution in [3.05, 3.63) is 57.6 Å². The van der Waals surface area contributed by atoms with Gasteiger partial charge in [-0.15, -0.1) is 0 Å². The Kier molecular flexibility index (Phi) is 4.13. The average Bonchev–Trinajstić information content (AvgIpc) is 2.54. The number of benzene rings is 1. The summed E-state index contributed by atoms with van der Waals surface area (Å²) >= 11 is 6.31. The third-order valence-electron chi connectivity index (χ3n) is 4.11. The van der Waals surface area contributed by atoms with Crippen molar-refractivity contribution in [3.63, 3.8) is 0 Å². The van der Waals surface area contributed by atoms with E-state index < -0.39 is 11.9 Å². The van der Waals surface area contributed by atoms with Crippen LogP contribution >= 0.6 is 11.6 Å². The van der Waals surface area contributed by atoms with Gasteiger partial charge in [0.25, 0.3) is 0 Å². The van der Waals surface area contributed by atoms with Gasteiger partial charge in [0, 0.05) is 23.4 Å². The highest BCUT2D eigenvalue weighted by molar-refractivity contribution is 6.31. The molecule has 1 aromatic rings. The molecule has 1 aromatic carbocycles. The summed E-state index contributed by atoms with van der Waals surface area (Å²) in [7, 11) is 1.26. The zero-order valence-electron chi connectivity index (χ0n) is 12.6. The van der Waals surface area contributed by atoms with Crippen molar-refractivity contribution < 1.29 is 19.1 Å². The number of ketones is 1. The lowest BCUT2D eigenvalue weighted by Crippen LogP contribution is -2.31. The van der Waals surface area contributed by atoms with Crippen molar-refractivity contribution in [2.75, 3.05) is 7.11 Å². The van der Waals surface area contributed by atoms with Gasteiger partial charge in [0.15, 0.2) is 5.78 Å². The van der Waals surface area contributed by atoms with Gasteiger partial charge in [-0.05, 0) is 18.1 Å².